The minimum atomic E-state index is -3.72. The quantitative estimate of drug-likeness (QED) is 0.791. The number of nitrogens with one attached hydrogen (secondary N) is 1. The molecule has 0 saturated carbocycles. The summed E-state index contributed by atoms with van der Waals surface area (Å²) in [7, 11) is -3.72. The molecule has 0 fully saturated rings. The SMILES string of the molecule is Cc1ccc(S(=O)(=O)n2ccc(C(=O)Nc3ccccn3)c2)cc1. The molecule has 122 valence electrons. The van der Waals surface area contributed by atoms with Gasteiger partial charge in [-0.1, -0.05) is 23.8 Å². The summed E-state index contributed by atoms with van der Waals surface area (Å²) in [5, 5.41) is 2.61. The molecule has 2 heterocycles. The van der Waals surface area contributed by atoms with Crippen LogP contribution < -0.4 is 5.32 Å². The van der Waals surface area contributed by atoms with Crippen LogP contribution in [-0.4, -0.2) is 23.3 Å². The molecule has 3 rings (SSSR count). The van der Waals surface area contributed by atoms with Crippen LogP contribution in [0, 0.1) is 6.92 Å². The van der Waals surface area contributed by atoms with Crippen molar-refractivity contribution in [3.63, 3.8) is 0 Å². The van der Waals surface area contributed by atoms with Gasteiger partial charge in [0, 0.05) is 18.6 Å². The molecule has 7 heteroatoms. The fourth-order valence-electron chi connectivity index (χ4n) is 2.12. The minimum Gasteiger partial charge on any atom is -0.307 e. The number of anilines is 1. The van der Waals surface area contributed by atoms with Gasteiger partial charge in [-0.05, 0) is 37.3 Å². The molecule has 0 aliphatic rings. The first-order valence-electron chi connectivity index (χ1n) is 7.19. The third kappa shape index (κ3) is 3.21. The van der Waals surface area contributed by atoms with E-state index >= 15 is 0 Å². The summed E-state index contributed by atoms with van der Waals surface area (Å²) in [5.41, 5.74) is 1.20. The molecule has 0 aliphatic carbocycles. The normalized spacial score (nSPS) is 11.2. The van der Waals surface area contributed by atoms with E-state index in [4.69, 9.17) is 0 Å². The highest BCUT2D eigenvalue weighted by Gasteiger charge is 2.18. The number of hydrogen-bond acceptors (Lipinski definition) is 4. The minimum absolute atomic E-state index is 0.167. The Bertz CT molecular complexity index is 962. The van der Waals surface area contributed by atoms with E-state index in [1.54, 1.807) is 36.5 Å². The Labute approximate surface area is 139 Å². The summed E-state index contributed by atoms with van der Waals surface area (Å²) in [6.07, 6.45) is 4.19. The number of rotatable bonds is 4. The molecule has 0 aliphatic heterocycles. The zero-order chi connectivity index (χ0) is 17.2. The van der Waals surface area contributed by atoms with Gasteiger partial charge >= 0.3 is 0 Å². The van der Waals surface area contributed by atoms with Gasteiger partial charge in [-0.15, -0.1) is 0 Å². The van der Waals surface area contributed by atoms with Crippen molar-refractivity contribution < 1.29 is 13.2 Å². The predicted molar refractivity (Wildman–Crippen MR) is 90.4 cm³/mol. The van der Waals surface area contributed by atoms with Gasteiger partial charge in [0.2, 0.25) is 0 Å². The number of carbonyl (C=O) groups is 1. The molecule has 0 spiro atoms. The molecule has 0 atom stereocenters. The molecular formula is C17H15N3O3S. The van der Waals surface area contributed by atoms with Crippen molar-refractivity contribution in [2.75, 3.05) is 5.32 Å². The van der Waals surface area contributed by atoms with Crippen LogP contribution >= 0.6 is 0 Å². The molecule has 24 heavy (non-hydrogen) atoms. The van der Waals surface area contributed by atoms with Crippen LogP contribution in [0.2, 0.25) is 0 Å². The molecule has 1 aromatic carbocycles. The van der Waals surface area contributed by atoms with Crippen LogP contribution in [0.3, 0.4) is 0 Å². The van der Waals surface area contributed by atoms with Crippen molar-refractivity contribution in [3.05, 3.63) is 78.2 Å². The van der Waals surface area contributed by atoms with Crippen molar-refractivity contribution in [2.24, 2.45) is 0 Å². The first kappa shape index (κ1) is 15.9. The number of pyridine rings is 1. The summed E-state index contributed by atoms with van der Waals surface area (Å²) in [6.45, 7) is 1.88. The number of aromatic nitrogens is 2. The van der Waals surface area contributed by atoms with Crippen molar-refractivity contribution in [1.82, 2.24) is 8.96 Å². The summed E-state index contributed by atoms with van der Waals surface area (Å²) < 4.78 is 26.1. The average molecular weight is 341 g/mol. The van der Waals surface area contributed by atoms with Gasteiger partial charge in [0.05, 0.1) is 10.5 Å². The molecule has 1 N–H and O–H groups in total. The fraction of sp³-hybridized carbons (Fsp3) is 0.0588. The third-order valence-corrected chi connectivity index (χ3v) is 5.08. The van der Waals surface area contributed by atoms with E-state index in [-0.39, 0.29) is 10.5 Å². The maximum Gasteiger partial charge on any atom is 0.267 e. The highest BCUT2D eigenvalue weighted by Crippen LogP contribution is 2.16. The van der Waals surface area contributed by atoms with Gasteiger partial charge in [-0.3, -0.25) is 4.79 Å². The second kappa shape index (κ2) is 6.29. The van der Waals surface area contributed by atoms with E-state index in [1.807, 2.05) is 6.92 Å². The van der Waals surface area contributed by atoms with Crippen LogP contribution in [-0.2, 0) is 10.0 Å². The molecule has 0 unspecified atom stereocenters. The zero-order valence-corrected chi connectivity index (χ0v) is 13.7. The first-order chi connectivity index (χ1) is 11.5. The summed E-state index contributed by atoms with van der Waals surface area (Å²) >= 11 is 0. The van der Waals surface area contributed by atoms with Crippen LogP contribution in [0.25, 0.3) is 0 Å². The lowest BCUT2D eigenvalue weighted by atomic mass is 10.2. The number of benzene rings is 1. The number of nitrogens with zero attached hydrogens (tertiary/aromatic N) is 2. The molecule has 0 bridgehead atoms. The van der Waals surface area contributed by atoms with Crippen LogP contribution in [0.5, 0.6) is 0 Å². The fourth-order valence-corrected chi connectivity index (χ4v) is 3.31. The second-order valence-corrected chi connectivity index (χ2v) is 7.06. The maximum absolute atomic E-state index is 12.6. The molecule has 2 aromatic heterocycles. The molecule has 3 aromatic rings. The highest BCUT2D eigenvalue weighted by atomic mass is 32.2. The number of amides is 1. The van der Waals surface area contributed by atoms with Crippen molar-refractivity contribution in [3.8, 4) is 0 Å². The van der Waals surface area contributed by atoms with E-state index in [2.05, 4.69) is 10.3 Å². The Hall–Kier alpha value is -2.93. The van der Waals surface area contributed by atoms with E-state index in [0.29, 0.717) is 5.82 Å². The van der Waals surface area contributed by atoms with Gasteiger partial charge in [-0.25, -0.2) is 17.4 Å². The molecule has 6 nitrogen and oxygen atoms in total. The van der Waals surface area contributed by atoms with E-state index < -0.39 is 15.9 Å². The van der Waals surface area contributed by atoms with Gasteiger partial charge in [0.1, 0.15) is 5.82 Å². The average Bonchev–Trinajstić information content (AvgIpc) is 3.07. The smallest absolute Gasteiger partial charge is 0.267 e. The summed E-state index contributed by atoms with van der Waals surface area (Å²) in [5.74, 6) is -0.0248. The van der Waals surface area contributed by atoms with Gasteiger partial charge in [0.15, 0.2) is 0 Å². The lowest BCUT2D eigenvalue weighted by Gasteiger charge is -2.06. The summed E-state index contributed by atoms with van der Waals surface area (Å²) in [6, 6.07) is 13.1. The standard InChI is InChI=1S/C17H15N3O3S/c1-13-5-7-15(8-6-13)24(22,23)20-11-9-14(12-20)17(21)19-16-4-2-3-10-18-16/h2-12H,1H3,(H,18,19,21). The van der Waals surface area contributed by atoms with Crippen LogP contribution in [0.4, 0.5) is 5.82 Å². The Morgan fingerprint density at radius 3 is 2.50 bits per heavy atom. The topological polar surface area (TPSA) is 81.1 Å². The van der Waals surface area contributed by atoms with E-state index in [1.165, 1.54) is 30.6 Å². The second-order valence-electron chi connectivity index (χ2n) is 5.22. The Morgan fingerprint density at radius 1 is 1.08 bits per heavy atom. The molecule has 0 saturated heterocycles. The van der Waals surface area contributed by atoms with E-state index in [0.717, 1.165) is 9.54 Å². The maximum atomic E-state index is 12.6. The lowest BCUT2D eigenvalue weighted by molar-refractivity contribution is 0.102. The third-order valence-electron chi connectivity index (χ3n) is 3.43. The van der Waals surface area contributed by atoms with Crippen molar-refractivity contribution in [1.29, 1.82) is 0 Å². The Morgan fingerprint density at radius 2 is 1.83 bits per heavy atom. The predicted octanol–water partition coefficient (Wildman–Crippen LogP) is 2.68. The summed E-state index contributed by atoms with van der Waals surface area (Å²) in [4.78, 5) is 16.3. The van der Waals surface area contributed by atoms with Crippen molar-refractivity contribution >= 4 is 21.7 Å². The molecule has 1 amide bonds. The lowest BCUT2D eigenvalue weighted by Crippen LogP contribution is -2.14. The zero-order valence-electron chi connectivity index (χ0n) is 12.9. The Kier molecular flexibility index (Phi) is 4.18. The number of hydrogen-bond donors (Lipinski definition) is 1. The van der Waals surface area contributed by atoms with Crippen LogP contribution in [0.15, 0.2) is 72.0 Å². The Balaban J connectivity index is 1.84. The van der Waals surface area contributed by atoms with Crippen molar-refractivity contribution in [2.45, 2.75) is 11.8 Å². The first-order valence-corrected chi connectivity index (χ1v) is 8.63. The molecular weight excluding hydrogens is 326 g/mol. The largest absolute Gasteiger partial charge is 0.307 e. The monoisotopic (exact) mass is 341 g/mol. The van der Waals surface area contributed by atoms with Gasteiger partial charge in [0.25, 0.3) is 15.9 Å². The highest BCUT2D eigenvalue weighted by molar-refractivity contribution is 7.90. The number of carbonyl (C=O) groups excluding carboxylic acids is 1. The van der Waals surface area contributed by atoms with Gasteiger partial charge < -0.3 is 5.32 Å². The van der Waals surface area contributed by atoms with Crippen LogP contribution in [0.1, 0.15) is 15.9 Å². The number of aryl methyl sites for hydroxylation is 1. The molecule has 0 radical (unpaired) electrons. The van der Waals surface area contributed by atoms with E-state index in [9.17, 15) is 13.2 Å². The van der Waals surface area contributed by atoms with Gasteiger partial charge in [-0.2, -0.15) is 0 Å².